The molecule has 2 fully saturated rings. The highest BCUT2D eigenvalue weighted by molar-refractivity contribution is 6.07. The van der Waals surface area contributed by atoms with Gasteiger partial charge in [-0.05, 0) is 38.0 Å². The molecule has 1 heterocycles. The molecule has 2 aliphatic rings. The molecular formula is C17H30N2O2. The smallest absolute Gasteiger partial charge is 0.310 e. The molecule has 1 N–H and O–H groups in total. The van der Waals surface area contributed by atoms with Crippen molar-refractivity contribution in [3.8, 4) is 0 Å². The third-order valence-corrected chi connectivity index (χ3v) is 5.24. The summed E-state index contributed by atoms with van der Waals surface area (Å²) < 4.78 is 0. The molecule has 1 spiro atoms. The average Bonchev–Trinajstić information content (AvgIpc) is 2.69. The molecule has 2 rings (SSSR count). The van der Waals surface area contributed by atoms with Gasteiger partial charge in [0.1, 0.15) is 5.54 Å². The van der Waals surface area contributed by atoms with Crippen LogP contribution in [0, 0.1) is 5.92 Å². The summed E-state index contributed by atoms with van der Waals surface area (Å²) in [6.45, 7) is 5.19. The van der Waals surface area contributed by atoms with Crippen LogP contribution in [0.25, 0.3) is 0 Å². The minimum atomic E-state index is -0.521. The molecule has 0 atom stereocenters. The van der Waals surface area contributed by atoms with Crippen molar-refractivity contribution in [1.82, 2.24) is 10.2 Å². The number of nitrogens with zero attached hydrogens (tertiary/aromatic N) is 1. The number of hydrogen-bond donors (Lipinski definition) is 1. The maximum Gasteiger partial charge on any atom is 0.325 e. The van der Waals surface area contributed by atoms with Crippen LogP contribution < -0.4 is 5.32 Å². The van der Waals surface area contributed by atoms with Crippen LogP contribution in [0.5, 0.6) is 0 Å². The van der Waals surface area contributed by atoms with Gasteiger partial charge in [-0.3, -0.25) is 10.1 Å². The number of rotatable bonds is 7. The van der Waals surface area contributed by atoms with E-state index >= 15 is 0 Å². The van der Waals surface area contributed by atoms with Gasteiger partial charge in [0, 0.05) is 6.54 Å². The first-order valence-electron chi connectivity index (χ1n) is 8.73. The first kappa shape index (κ1) is 16.3. The second-order valence-corrected chi connectivity index (χ2v) is 6.89. The first-order chi connectivity index (χ1) is 10.1. The van der Waals surface area contributed by atoms with Gasteiger partial charge in [0.05, 0.1) is 0 Å². The Hall–Kier alpha value is -1.06. The zero-order valence-electron chi connectivity index (χ0n) is 13.6. The van der Waals surface area contributed by atoms with Gasteiger partial charge in [0.2, 0.25) is 0 Å². The number of imide groups is 1. The van der Waals surface area contributed by atoms with Gasteiger partial charge in [-0.15, -0.1) is 0 Å². The first-order valence-corrected chi connectivity index (χ1v) is 8.73. The summed E-state index contributed by atoms with van der Waals surface area (Å²) in [5.41, 5.74) is -0.521. The molecule has 0 bridgehead atoms. The molecule has 0 aromatic heterocycles. The predicted molar refractivity (Wildman–Crippen MR) is 84.0 cm³/mol. The van der Waals surface area contributed by atoms with E-state index in [0.29, 0.717) is 5.92 Å². The maximum absolute atomic E-state index is 12.3. The molecule has 0 unspecified atom stereocenters. The Labute approximate surface area is 128 Å². The van der Waals surface area contributed by atoms with E-state index in [1.54, 1.807) is 0 Å². The van der Waals surface area contributed by atoms with Crippen LogP contribution >= 0.6 is 0 Å². The molecular weight excluding hydrogens is 264 g/mol. The Morgan fingerprint density at radius 2 is 1.71 bits per heavy atom. The van der Waals surface area contributed by atoms with E-state index in [1.165, 1.54) is 25.7 Å². The van der Waals surface area contributed by atoms with Gasteiger partial charge in [-0.25, -0.2) is 4.79 Å². The average molecular weight is 294 g/mol. The maximum atomic E-state index is 12.3. The molecule has 21 heavy (non-hydrogen) atoms. The SMILES string of the molecule is CCCCCCCCN1C(=O)NC(=O)C12CCC(C)CC2. The lowest BCUT2D eigenvalue weighted by atomic mass is 9.76. The van der Waals surface area contributed by atoms with E-state index in [1.807, 2.05) is 4.90 Å². The van der Waals surface area contributed by atoms with Crippen molar-refractivity contribution in [1.29, 1.82) is 0 Å². The Kier molecular flexibility index (Phi) is 5.65. The van der Waals surface area contributed by atoms with Gasteiger partial charge in [0.15, 0.2) is 0 Å². The molecule has 120 valence electrons. The van der Waals surface area contributed by atoms with E-state index in [9.17, 15) is 9.59 Å². The number of unbranched alkanes of at least 4 members (excludes halogenated alkanes) is 5. The molecule has 1 aliphatic carbocycles. The number of urea groups is 1. The van der Waals surface area contributed by atoms with Crippen LogP contribution in [-0.4, -0.2) is 28.9 Å². The van der Waals surface area contributed by atoms with Gasteiger partial charge in [0.25, 0.3) is 5.91 Å². The molecule has 1 saturated heterocycles. The lowest BCUT2D eigenvalue weighted by molar-refractivity contribution is -0.128. The van der Waals surface area contributed by atoms with Crippen molar-refractivity contribution >= 4 is 11.9 Å². The van der Waals surface area contributed by atoms with Gasteiger partial charge in [-0.1, -0.05) is 46.0 Å². The summed E-state index contributed by atoms with van der Waals surface area (Å²) in [4.78, 5) is 26.2. The molecule has 1 saturated carbocycles. The lowest BCUT2D eigenvalue weighted by Crippen LogP contribution is -2.52. The summed E-state index contributed by atoms with van der Waals surface area (Å²) in [6.07, 6.45) is 11.0. The summed E-state index contributed by atoms with van der Waals surface area (Å²) in [7, 11) is 0. The zero-order chi connectivity index (χ0) is 15.3. The molecule has 4 nitrogen and oxygen atoms in total. The van der Waals surface area contributed by atoms with E-state index in [4.69, 9.17) is 0 Å². The second kappa shape index (κ2) is 7.28. The molecule has 1 aliphatic heterocycles. The zero-order valence-corrected chi connectivity index (χ0v) is 13.6. The van der Waals surface area contributed by atoms with Gasteiger partial charge in [-0.2, -0.15) is 0 Å². The highest BCUT2D eigenvalue weighted by Crippen LogP contribution is 2.39. The fourth-order valence-electron chi connectivity index (χ4n) is 3.70. The topological polar surface area (TPSA) is 49.4 Å². The minimum Gasteiger partial charge on any atom is -0.310 e. The fourth-order valence-corrected chi connectivity index (χ4v) is 3.70. The number of carbonyl (C=O) groups is 2. The third-order valence-electron chi connectivity index (χ3n) is 5.24. The summed E-state index contributed by atoms with van der Waals surface area (Å²) in [6, 6.07) is -0.164. The number of amides is 3. The molecule has 4 heteroatoms. The quantitative estimate of drug-likeness (QED) is 0.573. The summed E-state index contributed by atoms with van der Waals surface area (Å²) in [5, 5.41) is 2.55. The van der Waals surface area contributed by atoms with Gasteiger partial charge < -0.3 is 4.90 Å². The van der Waals surface area contributed by atoms with Crippen LogP contribution in [-0.2, 0) is 4.79 Å². The Morgan fingerprint density at radius 3 is 2.38 bits per heavy atom. The molecule has 0 aromatic rings. The van der Waals surface area contributed by atoms with Gasteiger partial charge >= 0.3 is 6.03 Å². The Bertz CT molecular complexity index is 373. The summed E-state index contributed by atoms with van der Waals surface area (Å²) in [5.74, 6) is 0.625. The van der Waals surface area contributed by atoms with E-state index in [2.05, 4.69) is 19.2 Å². The standard InChI is InChI=1S/C17H30N2O2/c1-3-4-5-6-7-8-13-19-16(21)18-15(20)17(19)11-9-14(2)10-12-17/h14H,3-13H2,1-2H3,(H,18,20,21). The molecule has 0 radical (unpaired) electrons. The summed E-state index contributed by atoms with van der Waals surface area (Å²) >= 11 is 0. The number of carbonyl (C=O) groups excluding carboxylic acids is 2. The highest BCUT2D eigenvalue weighted by Gasteiger charge is 2.53. The molecule has 3 amide bonds. The lowest BCUT2D eigenvalue weighted by Gasteiger charge is -2.40. The van der Waals surface area contributed by atoms with Crippen LogP contribution in [0.4, 0.5) is 4.79 Å². The van der Waals surface area contributed by atoms with Crippen molar-refractivity contribution in [2.24, 2.45) is 5.92 Å². The van der Waals surface area contributed by atoms with E-state index in [0.717, 1.165) is 45.1 Å². The minimum absolute atomic E-state index is 0.0506. The largest absolute Gasteiger partial charge is 0.325 e. The van der Waals surface area contributed by atoms with Crippen molar-refractivity contribution in [3.63, 3.8) is 0 Å². The van der Waals surface area contributed by atoms with Crippen LogP contribution in [0.2, 0.25) is 0 Å². The van der Waals surface area contributed by atoms with Crippen molar-refractivity contribution in [2.45, 2.75) is 83.6 Å². The Morgan fingerprint density at radius 1 is 1.10 bits per heavy atom. The molecule has 0 aromatic carbocycles. The van der Waals surface area contributed by atoms with Crippen molar-refractivity contribution < 1.29 is 9.59 Å². The Balaban J connectivity index is 1.87. The normalized spacial score (nSPS) is 29.2. The van der Waals surface area contributed by atoms with Crippen LogP contribution in [0.15, 0.2) is 0 Å². The highest BCUT2D eigenvalue weighted by atomic mass is 16.2. The predicted octanol–water partition coefficient (Wildman–Crippen LogP) is 3.85. The van der Waals surface area contributed by atoms with Crippen molar-refractivity contribution in [2.75, 3.05) is 6.54 Å². The van der Waals surface area contributed by atoms with E-state index < -0.39 is 5.54 Å². The van der Waals surface area contributed by atoms with Crippen molar-refractivity contribution in [3.05, 3.63) is 0 Å². The monoisotopic (exact) mass is 294 g/mol. The van der Waals surface area contributed by atoms with Crippen LogP contribution in [0.1, 0.15) is 78.1 Å². The number of nitrogens with one attached hydrogen (secondary N) is 1. The van der Waals surface area contributed by atoms with Crippen LogP contribution in [0.3, 0.4) is 0 Å². The fraction of sp³-hybridized carbons (Fsp3) is 0.882. The third kappa shape index (κ3) is 3.58. The van der Waals surface area contributed by atoms with E-state index in [-0.39, 0.29) is 11.9 Å². The second-order valence-electron chi connectivity index (χ2n) is 6.89. The number of hydrogen-bond acceptors (Lipinski definition) is 2.